The number of carbonyl (C=O) groups excluding carboxylic acids is 1. The number of hydrogen-bond acceptors (Lipinski definition) is 2. The lowest BCUT2D eigenvalue weighted by Crippen LogP contribution is -2.53. The van der Waals surface area contributed by atoms with Gasteiger partial charge in [-0.25, -0.2) is 0 Å². The maximum Gasteiger partial charge on any atom is 0.156 e. The fourth-order valence-corrected chi connectivity index (χ4v) is 1.17. The zero-order chi connectivity index (χ0) is 7.61. The zero-order valence-electron chi connectivity index (χ0n) is 6.10. The molecule has 0 bridgehead atoms. The molecule has 1 fully saturated rings. The van der Waals surface area contributed by atoms with Gasteiger partial charge in [0, 0.05) is 6.42 Å². The first-order valence-corrected chi connectivity index (χ1v) is 3.62. The summed E-state index contributed by atoms with van der Waals surface area (Å²) < 4.78 is 0. The summed E-state index contributed by atoms with van der Waals surface area (Å²) in [5.74, 6) is 0.147. The fourth-order valence-electron chi connectivity index (χ4n) is 1.17. The van der Waals surface area contributed by atoms with Crippen LogP contribution in [-0.2, 0) is 4.79 Å². The molecule has 0 unspecified atom stereocenters. The molecule has 1 rings (SSSR count). The van der Waals surface area contributed by atoms with E-state index in [2.05, 4.69) is 6.58 Å². The summed E-state index contributed by atoms with van der Waals surface area (Å²) in [6.07, 6.45) is 4.87. The Morgan fingerprint density at radius 2 is 2.30 bits per heavy atom. The molecule has 2 N–H and O–H groups in total. The van der Waals surface area contributed by atoms with Gasteiger partial charge in [-0.15, -0.1) is 6.58 Å². The summed E-state index contributed by atoms with van der Waals surface area (Å²) in [7, 11) is 0. The molecule has 2 heteroatoms. The van der Waals surface area contributed by atoms with Crippen LogP contribution in [0.1, 0.15) is 25.7 Å². The Balaban J connectivity index is 2.46. The molecule has 10 heavy (non-hydrogen) atoms. The lowest BCUT2D eigenvalue weighted by molar-refractivity contribution is -0.126. The lowest BCUT2D eigenvalue weighted by Gasteiger charge is -2.36. The van der Waals surface area contributed by atoms with Gasteiger partial charge < -0.3 is 5.73 Å². The minimum atomic E-state index is -0.478. The number of allylic oxidation sites excluding steroid dienone is 1. The predicted octanol–water partition coefficient (Wildman–Crippen LogP) is 1.01. The molecule has 0 spiro atoms. The van der Waals surface area contributed by atoms with Gasteiger partial charge in [0.2, 0.25) is 0 Å². The Morgan fingerprint density at radius 3 is 2.60 bits per heavy atom. The molecule has 0 aromatic rings. The Bertz CT molecular complexity index is 159. The van der Waals surface area contributed by atoms with E-state index in [9.17, 15) is 4.79 Å². The summed E-state index contributed by atoms with van der Waals surface area (Å²) in [5, 5.41) is 0. The van der Waals surface area contributed by atoms with Crippen molar-refractivity contribution in [2.45, 2.75) is 31.2 Å². The number of Topliss-reactive ketones (excluding diaryl/α,β-unsaturated/α-hetero) is 1. The van der Waals surface area contributed by atoms with Gasteiger partial charge in [0.25, 0.3) is 0 Å². The normalized spacial score (nSPS) is 21.3. The van der Waals surface area contributed by atoms with Gasteiger partial charge in [-0.2, -0.15) is 0 Å². The highest BCUT2D eigenvalue weighted by Gasteiger charge is 2.38. The van der Waals surface area contributed by atoms with Crippen LogP contribution < -0.4 is 5.73 Å². The molecular formula is C8H13NO. The number of ketones is 1. The number of carbonyl (C=O) groups is 1. The van der Waals surface area contributed by atoms with Gasteiger partial charge in [0.15, 0.2) is 5.78 Å². The van der Waals surface area contributed by atoms with E-state index >= 15 is 0 Å². The molecule has 1 aliphatic rings. The second kappa shape index (κ2) is 2.54. The molecular weight excluding hydrogens is 126 g/mol. The van der Waals surface area contributed by atoms with Gasteiger partial charge in [-0.05, 0) is 19.3 Å². The monoisotopic (exact) mass is 139 g/mol. The van der Waals surface area contributed by atoms with E-state index < -0.39 is 5.54 Å². The van der Waals surface area contributed by atoms with E-state index in [1.807, 2.05) is 0 Å². The highest BCUT2D eigenvalue weighted by molar-refractivity contribution is 5.90. The van der Waals surface area contributed by atoms with Gasteiger partial charge in [0.1, 0.15) is 0 Å². The van der Waals surface area contributed by atoms with E-state index in [-0.39, 0.29) is 5.78 Å². The van der Waals surface area contributed by atoms with Gasteiger partial charge in [-0.3, -0.25) is 4.79 Å². The smallest absolute Gasteiger partial charge is 0.156 e. The van der Waals surface area contributed by atoms with Crippen LogP contribution in [0.25, 0.3) is 0 Å². The first kappa shape index (κ1) is 7.48. The zero-order valence-corrected chi connectivity index (χ0v) is 6.10. The molecule has 1 saturated carbocycles. The maximum atomic E-state index is 11.2. The van der Waals surface area contributed by atoms with Crippen molar-refractivity contribution < 1.29 is 4.79 Å². The van der Waals surface area contributed by atoms with Crippen LogP contribution in [0.2, 0.25) is 0 Å². The van der Waals surface area contributed by atoms with Crippen molar-refractivity contribution in [3.63, 3.8) is 0 Å². The van der Waals surface area contributed by atoms with E-state index in [1.165, 1.54) is 0 Å². The van der Waals surface area contributed by atoms with E-state index in [1.54, 1.807) is 6.08 Å². The van der Waals surface area contributed by atoms with Crippen LogP contribution in [-0.4, -0.2) is 11.3 Å². The Hall–Kier alpha value is -0.630. The van der Waals surface area contributed by atoms with Crippen molar-refractivity contribution >= 4 is 5.78 Å². The van der Waals surface area contributed by atoms with E-state index in [0.717, 1.165) is 19.3 Å². The van der Waals surface area contributed by atoms with E-state index in [4.69, 9.17) is 5.73 Å². The first-order valence-electron chi connectivity index (χ1n) is 3.62. The van der Waals surface area contributed by atoms with Crippen LogP contribution in [0.4, 0.5) is 0 Å². The van der Waals surface area contributed by atoms with Gasteiger partial charge in [-0.1, -0.05) is 6.08 Å². The van der Waals surface area contributed by atoms with Crippen molar-refractivity contribution in [1.29, 1.82) is 0 Å². The molecule has 0 aromatic heterocycles. The highest BCUT2D eigenvalue weighted by atomic mass is 16.1. The summed E-state index contributed by atoms with van der Waals surface area (Å²) >= 11 is 0. The molecule has 0 saturated heterocycles. The summed E-state index contributed by atoms with van der Waals surface area (Å²) in [4.78, 5) is 11.2. The Labute approximate surface area is 61.1 Å². The average molecular weight is 139 g/mol. The van der Waals surface area contributed by atoms with Crippen molar-refractivity contribution in [2.24, 2.45) is 5.73 Å². The quantitative estimate of drug-likeness (QED) is 0.593. The second-order valence-electron chi connectivity index (χ2n) is 2.93. The van der Waals surface area contributed by atoms with Crippen molar-refractivity contribution in [3.8, 4) is 0 Å². The SMILES string of the molecule is C=CCC(=O)C1(N)CCC1. The van der Waals surface area contributed by atoms with Crippen LogP contribution >= 0.6 is 0 Å². The molecule has 0 aliphatic heterocycles. The van der Waals surface area contributed by atoms with E-state index in [0.29, 0.717) is 6.42 Å². The molecule has 0 atom stereocenters. The largest absolute Gasteiger partial charge is 0.319 e. The predicted molar refractivity (Wildman–Crippen MR) is 40.6 cm³/mol. The Morgan fingerprint density at radius 1 is 1.70 bits per heavy atom. The van der Waals surface area contributed by atoms with Crippen molar-refractivity contribution in [3.05, 3.63) is 12.7 Å². The highest BCUT2D eigenvalue weighted by Crippen LogP contribution is 2.30. The summed E-state index contributed by atoms with van der Waals surface area (Å²) in [5.41, 5.74) is 5.26. The molecule has 56 valence electrons. The molecule has 0 amide bonds. The molecule has 2 nitrogen and oxygen atoms in total. The molecule has 1 aliphatic carbocycles. The molecule has 0 radical (unpaired) electrons. The standard InChI is InChI=1S/C8H13NO/c1-2-4-7(10)8(9)5-3-6-8/h2H,1,3-6,9H2. The summed E-state index contributed by atoms with van der Waals surface area (Å²) in [6.45, 7) is 3.50. The molecule has 0 aromatic carbocycles. The fraction of sp³-hybridized carbons (Fsp3) is 0.625. The first-order chi connectivity index (χ1) is 4.69. The van der Waals surface area contributed by atoms with Crippen molar-refractivity contribution in [2.75, 3.05) is 0 Å². The van der Waals surface area contributed by atoms with Crippen LogP contribution in [0, 0.1) is 0 Å². The number of rotatable bonds is 3. The third-order valence-corrected chi connectivity index (χ3v) is 2.13. The maximum absolute atomic E-state index is 11.2. The third-order valence-electron chi connectivity index (χ3n) is 2.13. The minimum Gasteiger partial charge on any atom is -0.319 e. The summed E-state index contributed by atoms with van der Waals surface area (Å²) in [6, 6.07) is 0. The second-order valence-corrected chi connectivity index (χ2v) is 2.93. The number of hydrogen-bond donors (Lipinski definition) is 1. The third kappa shape index (κ3) is 1.12. The average Bonchev–Trinajstić information content (AvgIpc) is 1.83. The lowest BCUT2D eigenvalue weighted by atomic mass is 9.74. The minimum absolute atomic E-state index is 0.147. The van der Waals surface area contributed by atoms with Crippen molar-refractivity contribution in [1.82, 2.24) is 0 Å². The van der Waals surface area contributed by atoms with Crippen LogP contribution in [0.15, 0.2) is 12.7 Å². The van der Waals surface area contributed by atoms with Crippen LogP contribution in [0.5, 0.6) is 0 Å². The molecule has 0 heterocycles. The van der Waals surface area contributed by atoms with Gasteiger partial charge >= 0.3 is 0 Å². The van der Waals surface area contributed by atoms with Gasteiger partial charge in [0.05, 0.1) is 5.54 Å². The Kier molecular flexibility index (Phi) is 1.90. The number of nitrogens with two attached hydrogens (primary N) is 1. The topological polar surface area (TPSA) is 43.1 Å². The van der Waals surface area contributed by atoms with Crippen LogP contribution in [0.3, 0.4) is 0 Å².